The molecule has 5 nitrogen and oxygen atoms in total. The van der Waals surface area contributed by atoms with Crippen LogP contribution < -0.4 is 0 Å². The first kappa shape index (κ1) is 31.4. The second-order valence-corrected chi connectivity index (χ2v) is 12.8. The molecule has 0 spiro atoms. The lowest BCUT2D eigenvalue weighted by Gasteiger charge is -2.10. The molecule has 0 fully saturated rings. The van der Waals surface area contributed by atoms with Gasteiger partial charge in [-0.25, -0.2) is 8.78 Å². The van der Waals surface area contributed by atoms with Crippen molar-refractivity contribution in [2.45, 2.75) is 114 Å². The Morgan fingerprint density at radius 2 is 0.919 bits per heavy atom. The van der Waals surface area contributed by atoms with E-state index in [2.05, 4.69) is 17.5 Å². The number of unbranched alkanes of at least 4 members (excludes halogenated alkanes) is 10. The van der Waals surface area contributed by atoms with E-state index in [1.165, 1.54) is 25.0 Å². The van der Waals surface area contributed by atoms with Crippen LogP contribution in [-0.2, 0) is 36.7 Å². The number of hydrogen-bond acceptors (Lipinski definition) is 5. The van der Waals surface area contributed by atoms with Crippen molar-refractivity contribution in [2.24, 2.45) is 0 Å². The number of rotatable bonds is 18. The van der Waals surface area contributed by atoms with Crippen LogP contribution in [0.15, 0.2) is 46.2 Å². The molecule has 0 atom stereocenters. The van der Waals surface area contributed by atoms with E-state index in [1.54, 1.807) is 0 Å². The Labute approximate surface area is 221 Å². The third kappa shape index (κ3) is 10.4. The molecule has 0 amide bonds. The summed E-state index contributed by atoms with van der Waals surface area (Å²) in [6.07, 6.45) is 13.4. The minimum Gasteiger partial charge on any atom is -0.207 e. The van der Waals surface area contributed by atoms with Gasteiger partial charge < -0.3 is 0 Å². The Kier molecular flexibility index (Phi) is 13.2. The molecule has 0 bridgehead atoms. The standard InChI is InChI=1S/C28H40F2O5S2/c1-3-5-7-9-11-13-15-23-17-19-25(21-27(23)29)36(31,32)35-37(33,34)26-20-18-24(28(30)22-26)16-14-12-10-8-6-4-2/h17-22H,3-16H2,1-2H3. The third-order valence-corrected chi connectivity index (χ3v) is 9.50. The van der Waals surface area contributed by atoms with Crippen molar-refractivity contribution in [1.82, 2.24) is 0 Å². The summed E-state index contributed by atoms with van der Waals surface area (Å²) in [5.74, 6) is -1.47. The Hall–Kier alpha value is -1.84. The fourth-order valence-electron chi connectivity index (χ4n) is 4.16. The lowest BCUT2D eigenvalue weighted by molar-refractivity contribution is 0.460. The summed E-state index contributed by atoms with van der Waals surface area (Å²) in [5, 5.41) is 0. The summed E-state index contributed by atoms with van der Waals surface area (Å²) in [6.45, 7) is 4.26. The second-order valence-electron chi connectivity index (χ2n) is 9.52. The monoisotopic (exact) mass is 558 g/mol. The minimum absolute atomic E-state index is 0.361. The van der Waals surface area contributed by atoms with E-state index >= 15 is 0 Å². The van der Waals surface area contributed by atoms with Gasteiger partial charge in [-0.05, 0) is 61.1 Å². The first-order valence-corrected chi connectivity index (χ1v) is 16.2. The van der Waals surface area contributed by atoms with Crippen LogP contribution in [0.1, 0.15) is 102 Å². The molecule has 9 heteroatoms. The Bertz CT molecular complexity index is 1100. The summed E-state index contributed by atoms with van der Waals surface area (Å²) in [4.78, 5) is -1.22. The predicted molar refractivity (Wildman–Crippen MR) is 142 cm³/mol. The van der Waals surface area contributed by atoms with Crippen LogP contribution in [0.25, 0.3) is 0 Å². The molecule has 0 aliphatic heterocycles. The van der Waals surface area contributed by atoms with E-state index in [0.717, 1.165) is 88.5 Å². The maximum absolute atomic E-state index is 14.5. The Balaban J connectivity index is 2.00. The highest BCUT2D eigenvalue weighted by Crippen LogP contribution is 2.25. The van der Waals surface area contributed by atoms with E-state index in [0.29, 0.717) is 24.0 Å². The highest BCUT2D eigenvalue weighted by Gasteiger charge is 2.28. The maximum atomic E-state index is 14.5. The largest absolute Gasteiger partial charge is 0.311 e. The molecule has 0 aliphatic rings. The topological polar surface area (TPSA) is 77.5 Å². The van der Waals surface area contributed by atoms with Crippen LogP contribution in [-0.4, -0.2) is 16.8 Å². The normalized spacial score (nSPS) is 12.2. The molecule has 0 aliphatic carbocycles. The summed E-state index contributed by atoms with van der Waals surface area (Å²) in [7, 11) is -9.68. The predicted octanol–water partition coefficient (Wildman–Crippen LogP) is 7.87. The molecule has 37 heavy (non-hydrogen) atoms. The molecule has 0 N–H and O–H groups in total. The zero-order chi connectivity index (χ0) is 27.3. The van der Waals surface area contributed by atoms with Gasteiger partial charge in [0.1, 0.15) is 11.6 Å². The number of aryl methyl sites for hydroxylation is 2. The van der Waals surface area contributed by atoms with E-state index in [9.17, 15) is 25.6 Å². The summed E-state index contributed by atoms with van der Waals surface area (Å²) < 4.78 is 83.9. The van der Waals surface area contributed by atoms with Gasteiger partial charge in [-0.15, -0.1) is 3.63 Å². The van der Waals surface area contributed by atoms with Crippen molar-refractivity contribution in [2.75, 3.05) is 0 Å². The van der Waals surface area contributed by atoms with Gasteiger partial charge in [0.15, 0.2) is 0 Å². The number of hydrogen-bond donors (Lipinski definition) is 0. The highest BCUT2D eigenvalue weighted by molar-refractivity contribution is 7.99. The zero-order valence-corrected chi connectivity index (χ0v) is 23.6. The number of halogens is 2. The molecule has 0 saturated carbocycles. The van der Waals surface area contributed by atoms with Crippen LogP contribution in [0.5, 0.6) is 0 Å². The van der Waals surface area contributed by atoms with Gasteiger partial charge >= 0.3 is 20.2 Å². The van der Waals surface area contributed by atoms with E-state index in [4.69, 9.17) is 0 Å². The van der Waals surface area contributed by atoms with Crippen molar-refractivity contribution in [3.8, 4) is 0 Å². The van der Waals surface area contributed by atoms with Crippen molar-refractivity contribution in [3.05, 3.63) is 59.2 Å². The molecule has 0 saturated heterocycles. The Morgan fingerprint density at radius 3 is 1.27 bits per heavy atom. The zero-order valence-electron chi connectivity index (χ0n) is 22.0. The molecule has 2 aromatic rings. The Morgan fingerprint density at radius 1 is 0.568 bits per heavy atom. The van der Waals surface area contributed by atoms with E-state index in [-0.39, 0.29) is 0 Å². The van der Waals surface area contributed by atoms with Crippen molar-refractivity contribution in [3.63, 3.8) is 0 Å². The van der Waals surface area contributed by atoms with Crippen molar-refractivity contribution in [1.29, 1.82) is 0 Å². The summed E-state index contributed by atoms with van der Waals surface area (Å²) in [5.41, 5.74) is 0.723. The lowest BCUT2D eigenvalue weighted by atomic mass is 10.0. The quantitative estimate of drug-likeness (QED) is 0.174. The SMILES string of the molecule is CCCCCCCCc1ccc(S(=O)(=O)OS(=O)(=O)c2ccc(CCCCCCCC)c(F)c2)cc1F. The molecule has 2 aromatic carbocycles. The highest BCUT2D eigenvalue weighted by atomic mass is 32.3. The van der Waals surface area contributed by atoms with Gasteiger partial charge in [-0.2, -0.15) is 16.8 Å². The molecule has 0 heterocycles. The average molecular weight is 559 g/mol. The van der Waals surface area contributed by atoms with Crippen LogP contribution >= 0.6 is 0 Å². The molecular weight excluding hydrogens is 518 g/mol. The van der Waals surface area contributed by atoms with Crippen LogP contribution in [0, 0.1) is 11.6 Å². The smallest absolute Gasteiger partial charge is 0.207 e. The van der Waals surface area contributed by atoms with Crippen molar-refractivity contribution >= 4 is 20.2 Å². The van der Waals surface area contributed by atoms with E-state index in [1.807, 2.05) is 0 Å². The molecule has 0 unspecified atom stereocenters. The fourth-order valence-corrected chi connectivity index (χ4v) is 6.70. The first-order valence-electron chi connectivity index (χ1n) is 13.4. The fraction of sp³-hybridized carbons (Fsp3) is 0.571. The second kappa shape index (κ2) is 15.5. The molecule has 2 rings (SSSR count). The van der Waals surface area contributed by atoms with Gasteiger partial charge in [-0.3, -0.25) is 0 Å². The van der Waals surface area contributed by atoms with Gasteiger partial charge in [0.05, 0.1) is 9.79 Å². The van der Waals surface area contributed by atoms with Gasteiger partial charge in [0.2, 0.25) is 0 Å². The third-order valence-electron chi connectivity index (χ3n) is 6.40. The van der Waals surface area contributed by atoms with Crippen LogP contribution in [0.4, 0.5) is 8.78 Å². The first-order chi connectivity index (χ1) is 17.6. The van der Waals surface area contributed by atoms with Crippen LogP contribution in [0.2, 0.25) is 0 Å². The van der Waals surface area contributed by atoms with Crippen molar-refractivity contribution < 1.29 is 29.2 Å². The van der Waals surface area contributed by atoms with E-state index < -0.39 is 41.7 Å². The van der Waals surface area contributed by atoms with Gasteiger partial charge in [0, 0.05) is 0 Å². The number of benzene rings is 2. The summed E-state index contributed by atoms with van der Waals surface area (Å²) >= 11 is 0. The summed E-state index contributed by atoms with van der Waals surface area (Å²) in [6, 6.07) is 6.46. The minimum atomic E-state index is -4.84. The van der Waals surface area contributed by atoms with Gasteiger partial charge in [-0.1, -0.05) is 90.2 Å². The molecule has 208 valence electrons. The molecule has 0 radical (unpaired) electrons. The van der Waals surface area contributed by atoms with Crippen LogP contribution in [0.3, 0.4) is 0 Å². The maximum Gasteiger partial charge on any atom is 0.311 e. The molecule has 0 aromatic heterocycles. The lowest BCUT2D eigenvalue weighted by Crippen LogP contribution is -2.15. The average Bonchev–Trinajstić information content (AvgIpc) is 2.84. The molecular formula is C28H40F2O5S2. The van der Waals surface area contributed by atoms with Gasteiger partial charge in [0.25, 0.3) is 0 Å².